The zero-order valence-corrected chi connectivity index (χ0v) is 24.4. The highest BCUT2D eigenvalue weighted by atomic mass is 32.1. The Hall–Kier alpha value is -2.06. The first-order valence-corrected chi connectivity index (χ1v) is 15.0. The fraction of sp³-hybridized carbons (Fsp3) is 0.594. The quantitative estimate of drug-likeness (QED) is 0.0953. The van der Waals surface area contributed by atoms with E-state index in [1.165, 1.54) is 44.9 Å². The summed E-state index contributed by atoms with van der Waals surface area (Å²) >= 11 is 3.80. The Kier molecular flexibility index (Phi) is 20.2. The maximum atomic E-state index is 10.8. The average Bonchev–Trinajstić information content (AvgIpc) is 2.95. The third-order valence-corrected chi connectivity index (χ3v) is 6.47. The fourth-order valence-corrected chi connectivity index (χ4v) is 4.19. The van der Waals surface area contributed by atoms with Crippen LogP contribution in [0.5, 0.6) is 11.5 Å². The molecule has 7 heteroatoms. The second kappa shape index (κ2) is 23.8. The molecular weight excluding hydrogens is 512 g/mol. The minimum atomic E-state index is 0.0131. The SMILES string of the molecule is O=C(S)CCCCCCCCCCCCOCCOCCOCCOc1ccc(OCc2ccccc2)cc1. The molecule has 0 bridgehead atoms. The van der Waals surface area contributed by atoms with Gasteiger partial charge in [-0.1, -0.05) is 81.7 Å². The zero-order chi connectivity index (χ0) is 27.6. The van der Waals surface area contributed by atoms with E-state index in [1.807, 2.05) is 54.6 Å². The van der Waals surface area contributed by atoms with Crippen molar-refractivity contribution in [3.8, 4) is 11.5 Å². The molecule has 0 saturated carbocycles. The van der Waals surface area contributed by atoms with Crippen LogP contribution in [0.1, 0.15) is 76.2 Å². The lowest BCUT2D eigenvalue weighted by Crippen LogP contribution is -2.13. The number of ether oxygens (including phenoxy) is 5. The van der Waals surface area contributed by atoms with E-state index >= 15 is 0 Å². The first kappa shape index (κ1) is 33.1. The molecule has 39 heavy (non-hydrogen) atoms. The normalized spacial score (nSPS) is 11.0. The van der Waals surface area contributed by atoms with E-state index in [1.54, 1.807) is 0 Å². The number of rotatable bonds is 26. The predicted octanol–water partition coefficient (Wildman–Crippen LogP) is 7.44. The Bertz CT molecular complexity index is 830. The monoisotopic (exact) mass is 560 g/mol. The summed E-state index contributed by atoms with van der Waals surface area (Å²) < 4.78 is 28.3. The summed E-state index contributed by atoms with van der Waals surface area (Å²) in [5, 5.41) is 0.0131. The molecule has 0 aromatic heterocycles. The van der Waals surface area contributed by atoms with Gasteiger partial charge in [0.2, 0.25) is 0 Å². The summed E-state index contributed by atoms with van der Waals surface area (Å²) in [6.07, 6.45) is 12.8. The molecule has 2 aromatic rings. The molecule has 0 aliphatic carbocycles. The van der Waals surface area contributed by atoms with Gasteiger partial charge in [0.05, 0.1) is 33.0 Å². The summed E-state index contributed by atoms with van der Waals surface area (Å²) in [5.74, 6) is 1.61. The van der Waals surface area contributed by atoms with Gasteiger partial charge < -0.3 is 23.7 Å². The number of hydrogen-bond acceptors (Lipinski definition) is 6. The van der Waals surface area contributed by atoms with Crippen molar-refractivity contribution in [1.82, 2.24) is 0 Å². The van der Waals surface area contributed by atoms with Crippen LogP contribution in [-0.4, -0.2) is 51.4 Å². The molecule has 0 amide bonds. The first-order valence-electron chi connectivity index (χ1n) is 14.6. The van der Waals surface area contributed by atoms with Crippen LogP contribution in [0.15, 0.2) is 54.6 Å². The number of thiol groups is 1. The number of carbonyl (C=O) groups excluding carboxylic acids is 1. The zero-order valence-electron chi connectivity index (χ0n) is 23.5. The van der Waals surface area contributed by atoms with E-state index in [4.69, 9.17) is 23.7 Å². The minimum absolute atomic E-state index is 0.0131. The largest absolute Gasteiger partial charge is 0.491 e. The second-order valence-corrected chi connectivity index (χ2v) is 10.1. The van der Waals surface area contributed by atoms with Gasteiger partial charge in [-0.2, -0.15) is 0 Å². The van der Waals surface area contributed by atoms with Crippen molar-refractivity contribution in [3.63, 3.8) is 0 Å². The van der Waals surface area contributed by atoms with Crippen molar-refractivity contribution in [2.24, 2.45) is 0 Å². The lowest BCUT2D eigenvalue weighted by Gasteiger charge is -2.10. The standard InChI is InChI=1S/C32H48O6S/c33-32(39)16-12-7-5-3-1-2-4-6-8-13-21-34-22-23-35-24-25-36-26-27-37-30-17-19-31(20-18-30)38-28-29-14-10-9-11-15-29/h9-11,14-15,17-20H,1-8,12-13,16,21-28H2,(H,33,39). The van der Waals surface area contributed by atoms with Crippen molar-refractivity contribution in [3.05, 3.63) is 60.2 Å². The second-order valence-electron chi connectivity index (χ2n) is 9.61. The van der Waals surface area contributed by atoms with E-state index in [9.17, 15) is 4.79 Å². The van der Waals surface area contributed by atoms with Crippen molar-refractivity contribution >= 4 is 17.7 Å². The van der Waals surface area contributed by atoms with Crippen LogP contribution < -0.4 is 9.47 Å². The average molecular weight is 561 g/mol. The number of hydrogen-bond donors (Lipinski definition) is 1. The lowest BCUT2D eigenvalue weighted by atomic mass is 10.1. The molecule has 2 rings (SSSR count). The Labute approximate surface area is 241 Å². The molecular formula is C32H48O6S. The minimum Gasteiger partial charge on any atom is -0.491 e. The highest BCUT2D eigenvalue weighted by molar-refractivity contribution is 7.96. The summed E-state index contributed by atoms with van der Waals surface area (Å²) in [5.41, 5.74) is 1.14. The fourth-order valence-electron chi connectivity index (χ4n) is 4.03. The third kappa shape index (κ3) is 19.6. The third-order valence-electron chi connectivity index (χ3n) is 6.24. The summed E-state index contributed by atoms with van der Waals surface area (Å²) in [7, 11) is 0. The highest BCUT2D eigenvalue weighted by Crippen LogP contribution is 2.18. The maximum absolute atomic E-state index is 10.8. The molecule has 0 aliphatic rings. The van der Waals surface area contributed by atoms with Crippen LogP contribution >= 0.6 is 12.6 Å². The van der Waals surface area contributed by atoms with Crippen LogP contribution in [0.25, 0.3) is 0 Å². The topological polar surface area (TPSA) is 63.2 Å². The van der Waals surface area contributed by atoms with Crippen LogP contribution in [0.2, 0.25) is 0 Å². The van der Waals surface area contributed by atoms with Gasteiger partial charge in [0, 0.05) is 13.0 Å². The number of benzene rings is 2. The molecule has 0 fully saturated rings. The molecule has 2 aromatic carbocycles. The Balaban J connectivity index is 1.27. The molecule has 0 spiro atoms. The lowest BCUT2D eigenvalue weighted by molar-refractivity contribution is -0.110. The van der Waals surface area contributed by atoms with Crippen molar-refractivity contribution in [2.45, 2.75) is 77.2 Å². The van der Waals surface area contributed by atoms with Crippen LogP contribution in [0.4, 0.5) is 0 Å². The van der Waals surface area contributed by atoms with Crippen molar-refractivity contribution < 1.29 is 28.5 Å². The van der Waals surface area contributed by atoms with Gasteiger partial charge in [0.15, 0.2) is 5.12 Å². The molecule has 0 radical (unpaired) electrons. The molecule has 218 valence electrons. The molecule has 0 unspecified atom stereocenters. The Morgan fingerprint density at radius 1 is 0.513 bits per heavy atom. The van der Waals surface area contributed by atoms with E-state index in [2.05, 4.69) is 12.6 Å². The molecule has 0 N–H and O–H groups in total. The van der Waals surface area contributed by atoms with Gasteiger partial charge in [0.25, 0.3) is 0 Å². The first-order chi connectivity index (χ1) is 19.2. The smallest absolute Gasteiger partial charge is 0.185 e. The van der Waals surface area contributed by atoms with E-state index in [-0.39, 0.29) is 5.12 Å². The van der Waals surface area contributed by atoms with Crippen molar-refractivity contribution in [1.29, 1.82) is 0 Å². The molecule has 0 aliphatic heterocycles. The number of unbranched alkanes of at least 4 members (excludes halogenated alkanes) is 9. The van der Waals surface area contributed by atoms with Crippen molar-refractivity contribution in [2.75, 3.05) is 46.2 Å². The van der Waals surface area contributed by atoms with Crippen LogP contribution in [0, 0.1) is 0 Å². The van der Waals surface area contributed by atoms with Gasteiger partial charge >= 0.3 is 0 Å². The number of carbonyl (C=O) groups is 1. The molecule has 0 heterocycles. The highest BCUT2D eigenvalue weighted by Gasteiger charge is 1.99. The Morgan fingerprint density at radius 2 is 0.974 bits per heavy atom. The van der Waals surface area contributed by atoms with Gasteiger partial charge in [-0.25, -0.2) is 0 Å². The van der Waals surface area contributed by atoms with E-state index < -0.39 is 0 Å². The summed E-state index contributed by atoms with van der Waals surface area (Å²) in [6, 6.07) is 17.8. The van der Waals surface area contributed by atoms with Gasteiger partial charge in [-0.3, -0.25) is 4.79 Å². The maximum Gasteiger partial charge on any atom is 0.185 e. The molecule has 6 nitrogen and oxygen atoms in total. The van der Waals surface area contributed by atoms with Gasteiger partial charge in [-0.15, -0.1) is 12.6 Å². The summed E-state index contributed by atoms with van der Waals surface area (Å²) in [4.78, 5) is 10.8. The Morgan fingerprint density at radius 3 is 1.54 bits per heavy atom. The summed E-state index contributed by atoms with van der Waals surface area (Å²) in [6.45, 7) is 4.71. The predicted molar refractivity (Wildman–Crippen MR) is 160 cm³/mol. The van der Waals surface area contributed by atoms with Crippen LogP contribution in [0.3, 0.4) is 0 Å². The van der Waals surface area contributed by atoms with Gasteiger partial charge in [-0.05, 0) is 42.7 Å². The van der Waals surface area contributed by atoms with Gasteiger partial charge in [0.1, 0.15) is 24.7 Å². The molecule has 0 atom stereocenters. The van der Waals surface area contributed by atoms with Crippen LogP contribution in [-0.2, 0) is 25.6 Å². The van der Waals surface area contributed by atoms with E-state index in [0.29, 0.717) is 52.7 Å². The van der Waals surface area contributed by atoms with E-state index in [0.717, 1.165) is 42.9 Å². The molecule has 0 saturated heterocycles.